The van der Waals surface area contributed by atoms with Crippen molar-refractivity contribution in [1.82, 2.24) is 9.80 Å². The second kappa shape index (κ2) is 9.51. The Kier molecular flexibility index (Phi) is 6.77. The van der Waals surface area contributed by atoms with E-state index in [0.717, 1.165) is 31.8 Å². The van der Waals surface area contributed by atoms with Gasteiger partial charge in [-0.05, 0) is 62.1 Å². The lowest BCUT2D eigenvalue weighted by Gasteiger charge is -2.49. The zero-order valence-corrected chi connectivity index (χ0v) is 18.2. The molecule has 1 saturated heterocycles. The molecule has 5 nitrogen and oxygen atoms in total. The third-order valence-electron chi connectivity index (χ3n) is 7.56. The highest BCUT2D eigenvalue weighted by molar-refractivity contribution is 5.77. The van der Waals surface area contributed by atoms with Gasteiger partial charge in [-0.3, -0.25) is 14.5 Å². The van der Waals surface area contributed by atoms with E-state index in [9.17, 15) is 9.59 Å². The number of amides is 1. The van der Waals surface area contributed by atoms with Crippen LogP contribution in [-0.2, 0) is 22.6 Å². The molecule has 0 aromatic heterocycles. The number of fused-ring (bicyclic) bond motifs is 1. The van der Waals surface area contributed by atoms with Gasteiger partial charge in [0.05, 0.1) is 0 Å². The van der Waals surface area contributed by atoms with Gasteiger partial charge in [-0.2, -0.15) is 0 Å². The highest BCUT2D eigenvalue weighted by atomic mass is 16.4. The Labute approximate surface area is 180 Å². The van der Waals surface area contributed by atoms with Crippen molar-refractivity contribution in [3.63, 3.8) is 0 Å². The molecule has 4 rings (SSSR count). The van der Waals surface area contributed by atoms with E-state index in [1.165, 1.54) is 56.2 Å². The van der Waals surface area contributed by atoms with Crippen molar-refractivity contribution in [3.8, 4) is 0 Å². The molecule has 2 fully saturated rings. The number of likely N-dealkylation sites (tertiary alicyclic amines) is 1. The lowest BCUT2D eigenvalue weighted by molar-refractivity contribution is -0.137. The van der Waals surface area contributed by atoms with E-state index in [1.807, 2.05) is 4.90 Å². The summed E-state index contributed by atoms with van der Waals surface area (Å²) in [5.74, 6) is 0.0902. The fraction of sp³-hybridized carbons (Fsp3) is 0.680. The predicted molar refractivity (Wildman–Crippen MR) is 117 cm³/mol. The van der Waals surface area contributed by atoms with Crippen LogP contribution in [0.1, 0.15) is 75.3 Å². The number of piperidine rings is 1. The van der Waals surface area contributed by atoms with Crippen molar-refractivity contribution in [2.24, 2.45) is 5.92 Å². The summed E-state index contributed by atoms with van der Waals surface area (Å²) in [5.41, 5.74) is 2.67. The molecule has 1 aromatic carbocycles. The number of carboxylic acid groups (broad SMARTS) is 1. The summed E-state index contributed by atoms with van der Waals surface area (Å²) in [6.07, 6.45) is 10.9. The van der Waals surface area contributed by atoms with Gasteiger partial charge in [0.15, 0.2) is 0 Å². The van der Waals surface area contributed by atoms with Crippen LogP contribution in [0.15, 0.2) is 24.3 Å². The molecular weight excluding hydrogens is 376 g/mol. The molecule has 1 aromatic rings. The number of benzene rings is 1. The summed E-state index contributed by atoms with van der Waals surface area (Å²) in [5, 5.41) is 8.95. The standard InChI is InChI=1S/C25H36N2O3/c28-23(12-7-13-24(29)30)26-18-22-11-4-3-10-21(22)16-25(19-26)14-5-6-15-27(25)17-20-8-1-2-9-20/h3-4,10-11,20H,1-2,5-9,12-19H2,(H,29,30). The van der Waals surface area contributed by atoms with Gasteiger partial charge >= 0.3 is 5.97 Å². The lowest BCUT2D eigenvalue weighted by Crippen LogP contribution is -2.60. The molecule has 3 aliphatic rings. The average molecular weight is 413 g/mol. The van der Waals surface area contributed by atoms with Crippen LogP contribution in [0.2, 0.25) is 0 Å². The second-order valence-electron chi connectivity index (χ2n) is 9.72. The van der Waals surface area contributed by atoms with Crippen molar-refractivity contribution in [1.29, 1.82) is 0 Å². The molecule has 0 bridgehead atoms. The molecule has 2 aliphatic heterocycles. The summed E-state index contributed by atoms with van der Waals surface area (Å²) >= 11 is 0. The smallest absolute Gasteiger partial charge is 0.303 e. The van der Waals surface area contributed by atoms with Gasteiger partial charge in [0.2, 0.25) is 5.91 Å². The minimum Gasteiger partial charge on any atom is -0.481 e. The molecule has 5 heteroatoms. The zero-order chi connectivity index (χ0) is 21.0. The summed E-state index contributed by atoms with van der Waals surface area (Å²) in [6, 6.07) is 8.61. The Morgan fingerprint density at radius 3 is 2.57 bits per heavy atom. The predicted octanol–water partition coefficient (Wildman–Crippen LogP) is 4.24. The van der Waals surface area contributed by atoms with Crippen LogP contribution >= 0.6 is 0 Å². The highest BCUT2D eigenvalue weighted by Gasteiger charge is 2.43. The summed E-state index contributed by atoms with van der Waals surface area (Å²) in [6.45, 7) is 3.74. The summed E-state index contributed by atoms with van der Waals surface area (Å²) < 4.78 is 0. The van der Waals surface area contributed by atoms with Gasteiger partial charge in [0, 0.05) is 38.0 Å². The van der Waals surface area contributed by atoms with Crippen molar-refractivity contribution in [2.45, 2.75) is 82.7 Å². The fourth-order valence-electron chi connectivity index (χ4n) is 5.96. The van der Waals surface area contributed by atoms with Crippen LogP contribution < -0.4 is 0 Å². The quantitative estimate of drug-likeness (QED) is 0.759. The Bertz CT molecular complexity index is 759. The first kappa shape index (κ1) is 21.4. The van der Waals surface area contributed by atoms with Gasteiger partial charge in [-0.15, -0.1) is 0 Å². The molecule has 1 aliphatic carbocycles. The second-order valence-corrected chi connectivity index (χ2v) is 9.72. The first-order valence-corrected chi connectivity index (χ1v) is 11.9. The summed E-state index contributed by atoms with van der Waals surface area (Å²) in [4.78, 5) is 28.8. The minimum absolute atomic E-state index is 0.0237. The van der Waals surface area contributed by atoms with Crippen molar-refractivity contribution in [2.75, 3.05) is 19.6 Å². The van der Waals surface area contributed by atoms with E-state index in [0.29, 0.717) is 19.4 Å². The number of hydrogen-bond acceptors (Lipinski definition) is 3. The molecule has 1 atom stereocenters. The van der Waals surface area contributed by atoms with Gasteiger partial charge < -0.3 is 10.0 Å². The number of carbonyl (C=O) groups excluding carboxylic acids is 1. The molecular formula is C25H36N2O3. The number of carbonyl (C=O) groups is 2. The van der Waals surface area contributed by atoms with E-state index >= 15 is 0 Å². The molecule has 1 unspecified atom stereocenters. The topological polar surface area (TPSA) is 60.9 Å². The molecule has 30 heavy (non-hydrogen) atoms. The van der Waals surface area contributed by atoms with E-state index in [4.69, 9.17) is 5.11 Å². The van der Waals surface area contributed by atoms with Gasteiger partial charge in [-0.1, -0.05) is 43.5 Å². The number of nitrogens with zero attached hydrogens (tertiary/aromatic N) is 2. The number of rotatable bonds is 6. The first-order chi connectivity index (χ1) is 14.6. The maximum atomic E-state index is 13.1. The van der Waals surface area contributed by atoms with E-state index in [1.54, 1.807) is 0 Å². The van der Waals surface area contributed by atoms with Gasteiger partial charge in [0.1, 0.15) is 0 Å². The molecule has 1 N–H and O–H groups in total. The van der Waals surface area contributed by atoms with Gasteiger partial charge in [-0.25, -0.2) is 0 Å². The van der Waals surface area contributed by atoms with Gasteiger partial charge in [0.25, 0.3) is 0 Å². The molecule has 1 saturated carbocycles. The van der Waals surface area contributed by atoms with Crippen LogP contribution in [0.25, 0.3) is 0 Å². The Morgan fingerprint density at radius 2 is 1.80 bits per heavy atom. The third kappa shape index (κ3) is 4.88. The monoisotopic (exact) mass is 412 g/mol. The maximum Gasteiger partial charge on any atom is 0.303 e. The summed E-state index contributed by atoms with van der Waals surface area (Å²) in [7, 11) is 0. The fourth-order valence-corrected chi connectivity index (χ4v) is 5.96. The average Bonchev–Trinajstić information content (AvgIpc) is 3.17. The Hall–Kier alpha value is -1.88. The molecule has 0 radical (unpaired) electrons. The van der Waals surface area contributed by atoms with E-state index in [2.05, 4.69) is 29.2 Å². The van der Waals surface area contributed by atoms with Crippen LogP contribution in [0.3, 0.4) is 0 Å². The molecule has 2 heterocycles. The first-order valence-electron chi connectivity index (χ1n) is 11.9. The van der Waals surface area contributed by atoms with Crippen molar-refractivity contribution < 1.29 is 14.7 Å². The van der Waals surface area contributed by atoms with E-state index in [-0.39, 0.29) is 17.9 Å². The van der Waals surface area contributed by atoms with Crippen molar-refractivity contribution >= 4 is 11.9 Å². The highest BCUT2D eigenvalue weighted by Crippen LogP contribution is 2.38. The SMILES string of the molecule is O=C(O)CCCC(=O)N1Cc2ccccc2CC2(CCCCN2CC2CCCC2)C1. The Balaban J connectivity index is 1.58. The van der Waals surface area contributed by atoms with Crippen LogP contribution in [0, 0.1) is 5.92 Å². The molecule has 164 valence electrons. The third-order valence-corrected chi connectivity index (χ3v) is 7.56. The lowest BCUT2D eigenvalue weighted by atomic mass is 9.80. The van der Waals surface area contributed by atoms with E-state index < -0.39 is 5.97 Å². The Morgan fingerprint density at radius 1 is 1.03 bits per heavy atom. The number of carboxylic acids is 1. The minimum atomic E-state index is -0.824. The maximum absolute atomic E-state index is 13.1. The van der Waals surface area contributed by atoms with Crippen LogP contribution in [0.4, 0.5) is 0 Å². The largest absolute Gasteiger partial charge is 0.481 e. The normalized spacial score (nSPS) is 25.3. The van der Waals surface area contributed by atoms with Crippen molar-refractivity contribution in [3.05, 3.63) is 35.4 Å². The zero-order valence-electron chi connectivity index (χ0n) is 18.2. The molecule has 1 spiro atoms. The molecule has 1 amide bonds. The number of aliphatic carboxylic acids is 1. The van der Waals surface area contributed by atoms with Crippen LogP contribution in [0.5, 0.6) is 0 Å². The number of hydrogen-bond donors (Lipinski definition) is 1. The van der Waals surface area contributed by atoms with Crippen LogP contribution in [-0.4, -0.2) is 52.0 Å².